The van der Waals surface area contributed by atoms with Crippen LogP contribution in [0.3, 0.4) is 0 Å². The fourth-order valence-electron chi connectivity index (χ4n) is 2.70. The number of aryl methyl sites for hydroxylation is 1. The van der Waals surface area contributed by atoms with Crippen LogP contribution >= 0.6 is 0 Å². The van der Waals surface area contributed by atoms with E-state index in [1.807, 2.05) is 0 Å². The zero-order chi connectivity index (χ0) is 19.8. The van der Waals surface area contributed by atoms with Crippen molar-refractivity contribution in [2.75, 3.05) is 6.54 Å². The van der Waals surface area contributed by atoms with Gasteiger partial charge in [0.1, 0.15) is 17.2 Å². The number of hydrogen-bond donors (Lipinski definition) is 2. The van der Waals surface area contributed by atoms with Gasteiger partial charge in [0.25, 0.3) is 0 Å². The van der Waals surface area contributed by atoms with Crippen molar-refractivity contribution in [3.63, 3.8) is 0 Å². The van der Waals surface area contributed by atoms with E-state index >= 15 is 0 Å². The van der Waals surface area contributed by atoms with Gasteiger partial charge in [-0.3, -0.25) is 0 Å². The van der Waals surface area contributed by atoms with Gasteiger partial charge in [-0.15, -0.1) is 0 Å². The lowest BCUT2D eigenvalue weighted by molar-refractivity contribution is 0.0664. The lowest BCUT2D eigenvalue weighted by atomic mass is 10.1. The van der Waals surface area contributed by atoms with E-state index in [0.717, 1.165) is 12.1 Å². The summed E-state index contributed by atoms with van der Waals surface area (Å²) >= 11 is 0. The Balaban J connectivity index is 1.80. The van der Waals surface area contributed by atoms with Crippen molar-refractivity contribution in [2.45, 2.75) is 18.2 Å². The molecule has 2 N–H and O–H groups in total. The summed E-state index contributed by atoms with van der Waals surface area (Å²) in [5, 5.41) is 9.46. The molecular formula is C18H15F2NO5S. The third-order valence-corrected chi connectivity index (χ3v) is 5.57. The molecule has 0 aliphatic heterocycles. The van der Waals surface area contributed by atoms with E-state index in [0.29, 0.717) is 10.9 Å². The van der Waals surface area contributed by atoms with Gasteiger partial charge in [0.15, 0.2) is 0 Å². The van der Waals surface area contributed by atoms with Crippen LogP contribution in [0, 0.1) is 18.6 Å². The number of carbonyl (C=O) groups is 1. The maximum absolute atomic E-state index is 13.6. The number of furan rings is 1. The quantitative estimate of drug-likeness (QED) is 0.668. The summed E-state index contributed by atoms with van der Waals surface area (Å²) < 4.78 is 58.9. The summed E-state index contributed by atoms with van der Waals surface area (Å²) in [7, 11) is -3.91. The fourth-order valence-corrected chi connectivity index (χ4v) is 3.76. The van der Waals surface area contributed by atoms with Crippen LogP contribution in [0.5, 0.6) is 0 Å². The minimum absolute atomic E-state index is 0.0431. The highest BCUT2D eigenvalue weighted by Gasteiger charge is 2.20. The van der Waals surface area contributed by atoms with E-state index < -0.39 is 27.6 Å². The summed E-state index contributed by atoms with van der Waals surface area (Å²) in [5.74, 6) is -2.95. The molecule has 0 saturated carbocycles. The monoisotopic (exact) mass is 395 g/mol. The molecule has 0 aliphatic rings. The first-order chi connectivity index (χ1) is 12.7. The standard InChI is InChI=1S/C18H15F2NO5S/c1-10-14-9-13(4-5-16(14)26-17(10)18(22)23)27(24,25)21-7-6-11-2-3-12(19)8-15(11)20/h2-5,8-9,21H,6-7H2,1H3,(H,22,23). The van der Waals surface area contributed by atoms with Crippen molar-refractivity contribution in [1.82, 2.24) is 4.72 Å². The second kappa shape index (κ2) is 7.09. The third-order valence-electron chi connectivity index (χ3n) is 4.11. The van der Waals surface area contributed by atoms with Gasteiger partial charge in [0.2, 0.25) is 15.8 Å². The number of carboxylic acids is 1. The number of aromatic carboxylic acids is 1. The molecule has 0 aliphatic carbocycles. The summed E-state index contributed by atoms with van der Waals surface area (Å²) in [6.45, 7) is 1.43. The van der Waals surface area contributed by atoms with Crippen LogP contribution in [0.1, 0.15) is 21.7 Å². The van der Waals surface area contributed by atoms with Crippen molar-refractivity contribution >= 4 is 27.0 Å². The molecule has 0 amide bonds. The van der Waals surface area contributed by atoms with Crippen molar-refractivity contribution in [3.05, 3.63) is 64.9 Å². The highest BCUT2D eigenvalue weighted by molar-refractivity contribution is 7.89. The number of fused-ring (bicyclic) bond motifs is 1. The lowest BCUT2D eigenvalue weighted by Crippen LogP contribution is -2.26. The normalized spacial score (nSPS) is 11.8. The average molecular weight is 395 g/mol. The van der Waals surface area contributed by atoms with Gasteiger partial charge < -0.3 is 9.52 Å². The van der Waals surface area contributed by atoms with Gasteiger partial charge in [0.05, 0.1) is 4.90 Å². The maximum Gasteiger partial charge on any atom is 0.372 e. The van der Waals surface area contributed by atoms with E-state index in [1.165, 1.54) is 31.2 Å². The fraction of sp³-hybridized carbons (Fsp3) is 0.167. The van der Waals surface area contributed by atoms with Gasteiger partial charge in [-0.05, 0) is 43.2 Å². The Morgan fingerprint density at radius 2 is 1.93 bits per heavy atom. The van der Waals surface area contributed by atoms with E-state index in [4.69, 9.17) is 9.52 Å². The van der Waals surface area contributed by atoms with Gasteiger partial charge in [0, 0.05) is 23.6 Å². The molecule has 0 bridgehead atoms. The molecule has 0 unspecified atom stereocenters. The highest BCUT2D eigenvalue weighted by atomic mass is 32.2. The Morgan fingerprint density at radius 1 is 1.19 bits per heavy atom. The molecule has 1 heterocycles. The third kappa shape index (κ3) is 3.83. The number of rotatable bonds is 6. The van der Waals surface area contributed by atoms with Crippen LogP contribution in [-0.2, 0) is 16.4 Å². The summed E-state index contributed by atoms with van der Waals surface area (Å²) in [6.07, 6.45) is 0.0431. The van der Waals surface area contributed by atoms with Crippen LogP contribution in [0.25, 0.3) is 11.0 Å². The molecule has 27 heavy (non-hydrogen) atoms. The molecule has 3 rings (SSSR count). The summed E-state index contributed by atoms with van der Waals surface area (Å²) in [6, 6.07) is 7.08. The van der Waals surface area contributed by atoms with Gasteiger partial charge in [-0.25, -0.2) is 26.7 Å². The molecule has 0 atom stereocenters. The predicted octanol–water partition coefficient (Wildman–Crippen LogP) is 3.24. The molecule has 9 heteroatoms. The summed E-state index contributed by atoms with van der Waals surface area (Å²) in [4.78, 5) is 11.0. The Bertz CT molecular complexity index is 1140. The number of halogens is 2. The molecule has 142 valence electrons. The van der Waals surface area contributed by atoms with E-state index in [9.17, 15) is 22.0 Å². The topological polar surface area (TPSA) is 96.6 Å². The SMILES string of the molecule is Cc1c(C(=O)O)oc2ccc(S(=O)(=O)NCCc3ccc(F)cc3F)cc12. The van der Waals surface area contributed by atoms with Crippen molar-refractivity contribution < 1.29 is 31.5 Å². The smallest absolute Gasteiger partial charge is 0.372 e. The number of sulfonamides is 1. The Kier molecular flexibility index (Phi) is 4.99. The van der Waals surface area contributed by atoms with E-state index in [-0.39, 0.29) is 34.8 Å². The second-order valence-electron chi connectivity index (χ2n) is 5.90. The van der Waals surface area contributed by atoms with Crippen molar-refractivity contribution in [1.29, 1.82) is 0 Å². The van der Waals surface area contributed by atoms with Crippen molar-refractivity contribution in [3.8, 4) is 0 Å². The first-order valence-electron chi connectivity index (χ1n) is 7.89. The minimum atomic E-state index is -3.91. The molecule has 0 saturated heterocycles. The number of benzene rings is 2. The van der Waals surface area contributed by atoms with Gasteiger partial charge in [-0.1, -0.05) is 6.07 Å². The number of hydrogen-bond acceptors (Lipinski definition) is 4. The largest absolute Gasteiger partial charge is 0.475 e. The predicted molar refractivity (Wildman–Crippen MR) is 93.2 cm³/mol. The Morgan fingerprint density at radius 3 is 2.59 bits per heavy atom. The first kappa shape index (κ1) is 19.0. The molecule has 0 radical (unpaired) electrons. The maximum atomic E-state index is 13.6. The van der Waals surface area contributed by atoms with Gasteiger partial charge in [-0.2, -0.15) is 0 Å². The zero-order valence-electron chi connectivity index (χ0n) is 14.1. The zero-order valence-corrected chi connectivity index (χ0v) is 14.9. The Hall–Kier alpha value is -2.78. The Labute approximate surface area is 153 Å². The van der Waals surface area contributed by atoms with Crippen LogP contribution in [0.4, 0.5) is 8.78 Å². The first-order valence-corrected chi connectivity index (χ1v) is 9.37. The van der Waals surface area contributed by atoms with Gasteiger partial charge >= 0.3 is 5.97 Å². The molecule has 0 fully saturated rings. The number of carboxylic acid groups (broad SMARTS) is 1. The molecule has 0 spiro atoms. The van der Waals surface area contributed by atoms with Crippen LogP contribution in [0.2, 0.25) is 0 Å². The second-order valence-corrected chi connectivity index (χ2v) is 7.67. The highest BCUT2D eigenvalue weighted by Crippen LogP contribution is 2.27. The average Bonchev–Trinajstić information content (AvgIpc) is 2.93. The van der Waals surface area contributed by atoms with Crippen LogP contribution in [0.15, 0.2) is 45.7 Å². The van der Waals surface area contributed by atoms with E-state index in [2.05, 4.69) is 4.72 Å². The molecule has 2 aromatic carbocycles. The molecule has 3 aromatic rings. The van der Waals surface area contributed by atoms with Crippen LogP contribution < -0.4 is 4.72 Å². The minimum Gasteiger partial charge on any atom is -0.475 e. The summed E-state index contributed by atoms with van der Waals surface area (Å²) in [5.41, 5.74) is 0.770. The number of nitrogens with one attached hydrogen (secondary N) is 1. The lowest BCUT2D eigenvalue weighted by Gasteiger charge is -2.08. The van der Waals surface area contributed by atoms with Crippen LogP contribution in [-0.4, -0.2) is 26.0 Å². The van der Waals surface area contributed by atoms with Crippen molar-refractivity contribution in [2.24, 2.45) is 0 Å². The molecule has 6 nitrogen and oxygen atoms in total. The molecular weight excluding hydrogens is 380 g/mol. The van der Waals surface area contributed by atoms with E-state index in [1.54, 1.807) is 0 Å². The molecule has 1 aromatic heterocycles.